The van der Waals surface area contributed by atoms with Crippen molar-refractivity contribution in [2.24, 2.45) is 0 Å². The van der Waals surface area contributed by atoms with Gasteiger partial charge in [-0.25, -0.2) is 0 Å². The van der Waals surface area contributed by atoms with E-state index in [1.165, 1.54) is 0 Å². The van der Waals surface area contributed by atoms with Crippen molar-refractivity contribution in [3.05, 3.63) is 29.3 Å². The number of piperidine rings is 1. The van der Waals surface area contributed by atoms with Crippen molar-refractivity contribution in [1.82, 2.24) is 5.32 Å². The Labute approximate surface area is 100 Å². The Balaban J connectivity index is 1.93. The first-order valence-electron chi connectivity index (χ1n) is 5.55. The first-order chi connectivity index (χ1) is 7.75. The van der Waals surface area contributed by atoms with Crippen molar-refractivity contribution in [1.29, 1.82) is 0 Å². The van der Waals surface area contributed by atoms with Gasteiger partial charge in [0, 0.05) is 10.7 Å². The summed E-state index contributed by atoms with van der Waals surface area (Å²) in [7, 11) is 0. The van der Waals surface area contributed by atoms with E-state index in [-0.39, 0.29) is 11.9 Å². The lowest BCUT2D eigenvalue weighted by molar-refractivity contribution is -0.118. The van der Waals surface area contributed by atoms with Crippen molar-refractivity contribution >= 4 is 23.2 Å². The average Bonchev–Trinajstić information content (AvgIpc) is 2.33. The maximum atomic E-state index is 11.8. The van der Waals surface area contributed by atoms with Crippen molar-refractivity contribution in [2.45, 2.75) is 25.3 Å². The van der Waals surface area contributed by atoms with Crippen molar-refractivity contribution in [3.63, 3.8) is 0 Å². The molecule has 2 N–H and O–H groups in total. The molecule has 1 fully saturated rings. The number of amides is 1. The van der Waals surface area contributed by atoms with E-state index in [0.717, 1.165) is 31.5 Å². The van der Waals surface area contributed by atoms with Gasteiger partial charge < -0.3 is 10.6 Å². The zero-order chi connectivity index (χ0) is 11.4. The number of halogens is 1. The van der Waals surface area contributed by atoms with E-state index in [9.17, 15) is 4.79 Å². The quantitative estimate of drug-likeness (QED) is 0.831. The van der Waals surface area contributed by atoms with Crippen LogP contribution >= 0.6 is 11.6 Å². The van der Waals surface area contributed by atoms with E-state index in [0.29, 0.717) is 5.02 Å². The second-order valence-corrected chi connectivity index (χ2v) is 4.44. The van der Waals surface area contributed by atoms with Gasteiger partial charge in [-0.05, 0) is 43.7 Å². The molecule has 4 heteroatoms. The SMILES string of the molecule is O=C(Nc1ccc(Cl)cc1)[C@@H]1CCCCN1. The van der Waals surface area contributed by atoms with Crippen molar-refractivity contribution < 1.29 is 4.79 Å². The topological polar surface area (TPSA) is 41.1 Å². The van der Waals surface area contributed by atoms with Gasteiger partial charge in [0.2, 0.25) is 5.91 Å². The number of hydrogen-bond donors (Lipinski definition) is 2. The summed E-state index contributed by atoms with van der Waals surface area (Å²) >= 11 is 5.77. The monoisotopic (exact) mass is 238 g/mol. The third-order valence-corrected chi connectivity index (χ3v) is 2.99. The minimum absolute atomic E-state index is 0.0435. The minimum atomic E-state index is -0.0515. The Morgan fingerprint density at radius 2 is 2.06 bits per heavy atom. The number of nitrogens with one attached hydrogen (secondary N) is 2. The molecular formula is C12H15ClN2O. The smallest absolute Gasteiger partial charge is 0.241 e. The summed E-state index contributed by atoms with van der Waals surface area (Å²) in [5.41, 5.74) is 0.793. The zero-order valence-electron chi connectivity index (χ0n) is 9.00. The molecule has 0 bridgehead atoms. The normalized spacial score (nSPS) is 20.4. The minimum Gasteiger partial charge on any atom is -0.325 e. The fourth-order valence-electron chi connectivity index (χ4n) is 1.84. The van der Waals surface area contributed by atoms with E-state index < -0.39 is 0 Å². The molecule has 1 aromatic rings. The lowest BCUT2D eigenvalue weighted by atomic mass is 10.0. The van der Waals surface area contributed by atoms with Crippen molar-refractivity contribution in [2.75, 3.05) is 11.9 Å². The molecule has 0 spiro atoms. The Morgan fingerprint density at radius 1 is 1.31 bits per heavy atom. The molecule has 0 aromatic heterocycles. The van der Waals surface area contributed by atoms with Crippen LogP contribution in [-0.4, -0.2) is 18.5 Å². The maximum Gasteiger partial charge on any atom is 0.241 e. The van der Waals surface area contributed by atoms with E-state index >= 15 is 0 Å². The highest BCUT2D eigenvalue weighted by Gasteiger charge is 2.20. The van der Waals surface area contributed by atoms with Gasteiger partial charge in [0.25, 0.3) is 0 Å². The van der Waals surface area contributed by atoms with Crippen LogP contribution in [0.25, 0.3) is 0 Å². The molecule has 1 aromatic carbocycles. The van der Waals surface area contributed by atoms with Crippen molar-refractivity contribution in [3.8, 4) is 0 Å². The fourth-order valence-corrected chi connectivity index (χ4v) is 1.96. The number of rotatable bonds is 2. The number of anilines is 1. The second kappa shape index (κ2) is 5.32. The lowest BCUT2D eigenvalue weighted by Gasteiger charge is -2.22. The highest BCUT2D eigenvalue weighted by atomic mass is 35.5. The van der Waals surface area contributed by atoms with E-state index in [1.54, 1.807) is 12.1 Å². The molecule has 86 valence electrons. The van der Waals surface area contributed by atoms with Crippen LogP contribution in [0, 0.1) is 0 Å². The predicted octanol–water partition coefficient (Wildman–Crippen LogP) is 2.42. The summed E-state index contributed by atoms with van der Waals surface area (Å²) in [6.45, 7) is 0.929. The van der Waals surface area contributed by atoms with Crippen LogP contribution in [0.3, 0.4) is 0 Å². The first-order valence-corrected chi connectivity index (χ1v) is 5.93. The van der Waals surface area contributed by atoms with Crippen LogP contribution in [0.4, 0.5) is 5.69 Å². The molecule has 3 nitrogen and oxygen atoms in total. The van der Waals surface area contributed by atoms with Crippen LogP contribution in [0.5, 0.6) is 0 Å². The van der Waals surface area contributed by atoms with Crippen LogP contribution in [0.1, 0.15) is 19.3 Å². The van der Waals surface area contributed by atoms with Crippen LogP contribution in [-0.2, 0) is 4.79 Å². The summed E-state index contributed by atoms with van der Waals surface area (Å²) in [6, 6.07) is 7.10. The number of carbonyl (C=O) groups excluding carboxylic acids is 1. The van der Waals surface area contributed by atoms with Crippen LogP contribution < -0.4 is 10.6 Å². The van der Waals surface area contributed by atoms with Gasteiger partial charge in [0.1, 0.15) is 0 Å². The van der Waals surface area contributed by atoms with Gasteiger partial charge in [-0.15, -0.1) is 0 Å². The fraction of sp³-hybridized carbons (Fsp3) is 0.417. The van der Waals surface area contributed by atoms with Gasteiger partial charge in [-0.2, -0.15) is 0 Å². The molecule has 0 aliphatic carbocycles. The first kappa shape index (κ1) is 11.4. The standard InChI is InChI=1S/C12H15ClN2O/c13-9-4-6-10(7-5-9)15-12(16)11-3-1-2-8-14-11/h4-7,11,14H,1-3,8H2,(H,15,16)/t11-/m0/s1. The summed E-state index contributed by atoms with van der Waals surface area (Å²) in [5.74, 6) is 0.0435. The highest BCUT2D eigenvalue weighted by molar-refractivity contribution is 6.30. The second-order valence-electron chi connectivity index (χ2n) is 4.00. The van der Waals surface area contributed by atoms with Gasteiger partial charge in [-0.1, -0.05) is 18.0 Å². The lowest BCUT2D eigenvalue weighted by Crippen LogP contribution is -2.43. The summed E-state index contributed by atoms with van der Waals surface area (Å²) in [4.78, 5) is 11.8. The number of hydrogen-bond acceptors (Lipinski definition) is 2. The largest absolute Gasteiger partial charge is 0.325 e. The molecule has 1 heterocycles. The molecule has 1 atom stereocenters. The van der Waals surface area contributed by atoms with Crippen LogP contribution in [0.2, 0.25) is 5.02 Å². The molecule has 2 rings (SSSR count). The molecule has 0 saturated carbocycles. The summed E-state index contributed by atoms with van der Waals surface area (Å²) < 4.78 is 0. The Kier molecular flexibility index (Phi) is 3.80. The molecule has 1 aliphatic heterocycles. The van der Waals surface area contributed by atoms with Gasteiger partial charge >= 0.3 is 0 Å². The zero-order valence-corrected chi connectivity index (χ0v) is 9.76. The average molecular weight is 239 g/mol. The van der Waals surface area contributed by atoms with Gasteiger partial charge in [0.05, 0.1) is 6.04 Å². The number of carbonyl (C=O) groups is 1. The third-order valence-electron chi connectivity index (χ3n) is 2.74. The highest BCUT2D eigenvalue weighted by Crippen LogP contribution is 2.15. The van der Waals surface area contributed by atoms with Gasteiger partial charge in [-0.3, -0.25) is 4.79 Å². The molecule has 1 aliphatic rings. The maximum absolute atomic E-state index is 11.8. The summed E-state index contributed by atoms with van der Waals surface area (Å²) in [6.07, 6.45) is 3.19. The predicted molar refractivity (Wildman–Crippen MR) is 65.7 cm³/mol. The molecule has 0 unspecified atom stereocenters. The van der Waals surface area contributed by atoms with E-state index in [4.69, 9.17) is 11.6 Å². The molecule has 1 saturated heterocycles. The van der Waals surface area contributed by atoms with Gasteiger partial charge in [0.15, 0.2) is 0 Å². The Bertz CT molecular complexity index is 358. The van der Waals surface area contributed by atoms with Crippen LogP contribution in [0.15, 0.2) is 24.3 Å². The summed E-state index contributed by atoms with van der Waals surface area (Å²) in [5, 5.41) is 6.77. The molecular weight excluding hydrogens is 224 g/mol. The number of benzene rings is 1. The Morgan fingerprint density at radius 3 is 2.69 bits per heavy atom. The molecule has 0 radical (unpaired) electrons. The van der Waals surface area contributed by atoms with E-state index in [1.807, 2.05) is 12.1 Å². The third kappa shape index (κ3) is 2.97. The van der Waals surface area contributed by atoms with E-state index in [2.05, 4.69) is 10.6 Å². The molecule has 1 amide bonds. The Hall–Kier alpha value is -1.06. The molecule has 16 heavy (non-hydrogen) atoms.